The summed E-state index contributed by atoms with van der Waals surface area (Å²) >= 11 is 0. The molecule has 0 spiro atoms. The van der Waals surface area contributed by atoms with E-state index in [1.54, 1.807) is 19.1 Å². The van der Waals surface area contributed by atoms with Crippen molar-refractivity contribution in [2.45, 2.75) is 52.1 Å². The monoisotopic (exact) mass is 374 g/mol. The number of carboxylic acids is 1. The molecule has 1 aromatic heterocycles. The first-order valence-electron chi connectivity index (χ1n) is 9.11. The van der Waals surface area contributed by atoms with Crippen LogP contribution in [0.25, 0.3) is 11.0 Å². The summed E-state index contributed by atoms with van der Waals surface area (Å²) in [5.74, 6) is -0.882. The van der Waals surface area contributed by atoms with E-state index in [4.69, 9.17) is 9.15 Å². The van der Waals surface area contributed by atoms with Crippen molar-refractivity contribution >= 4 is 22.8 Å². The average Bonchev–Trinajstić information content (AvgIpc) is 2.62. The molecular weight excluding hydrogens is 350 g/mol. The Morgan fingerprint density at radius 1 is 1.22 bits per heavy atom. The Kier molecular flexibility index (Phi) is 7.40. The number of carboxylic acid groups (broad SMARTS) is 1. The van der Waals surface area contributed by atoms with Gasteiger partial charge in [0.15, 0.2) is 6.10 Å². The van der Waals surface area contributed by atoms with E-state index in [0.717, 1.165) is 10.9 Å². The number of ether oxygens (including phenoxy) is 1. The van der Waals surface area contributed by atoms with Crippen molar-refractivity contribution in [3.8, 4) is 5.75 Å². The lowest BCUT2D eigenvalue weighted by atomic mass is 10.1. The molecule has 0 aliphatic carbocycles. The Morgan fingerprint density at radius 2 is 2.00 bits per heavy atom. The van der Waals surface area contributed by atoms with Crippen LogP contribution in [0.5, 0.6) is 5.75 Å². The molecule has 7 nitrogen and oxygen atoms in total. The summed E-state index contributed by atoms with van der Waals surface area (Å²) in [5, 5.41) is 13.9. The molecule has 0 saturated carbocycles. The molecule has 146 valence electrons. The first kappa shape index (κ1) is 20.5. The summed E-state index contributed by atoms with van der Waals surface area (Å²) in [6, 6.07) is 6.64. The minimum atomic E-state index is -1.06. The zero-order valence-corrected chi connectivity index (χ0v) is 15.6. The number of fused-ring (bicyclic) bond motifs is 1. The van der Waals surface area contributed by atoms with Crippen LogP contribution in [-0.4, -0.2) is 24.5 Å². The Balaban J connectivity index is 1.89. The Morgan fingerprint density at radius 3 is 2.70 bits per heavy atom. The third-order valence-electron chi connectivity index (χ3n) is 4.22. The topological polar surface area (TPSA) is 109 Å². The Bertz CT molecular complexity index is 857. The molecule has 0 radical (unpaired) electrons. The van der Waals surface area contributed by atoms with Crippen LogP contribution in [-0.2, 0) is 16.0 Å². The van der Waals surface area contributed by atoms with E-state index in [9.17, 15) is 19.5 Å². The van der Waals surface area contributed by atoms with E-state index in [1.165, 1.54) is 6.07 Å². The number of amides is 1. The molecule has 2 aromatic rings. The summed E-state index contributed by atoms with van der Waals surface area (Å²) in [7, 11) is 0. The number of aliphatic carboxylic acids is 1. The lowest BCUT2D eigenvalue weighted by Crippen LogP contribution is -2.36. The van der Waals surface area contributed by atoms with Crippen LogP contribution in [0, 0.1) is 0 Å². The molecule has 0 saturated heterocycles. The third kappa shape index (κ3) is 6.13. The van der Waals surface area contributed by atoms with E-state index in [1.807, 2.05) is 13.0 Å². The minimum Gasteiger partial charge on any atom is -0.550 e. The maximum Gasteiger partial charge on any atom is 0.336 e. The van der Waals surface area contributed by atoms with Gasteiger partial charge >= 0.3 is 5.63 Å². The number of aryl methyl sites for hydroxylation is 1. The van der Waals surface area contributed by atoms with Crippen molar-refractivity contribution in [2.75, 3.05) is 6.54 Å². The summed E-state index contributed by atoms with van der Waals surface area (Å²) in [6.45, 7) is 4.05. The van der Waals surface area contributed by atoms with Crippen LogP contribution >= 0.6 is 0 Å². The fraction of sp³-hybridized carbons (Fsp3) is 0.450. The molecule has 27 heavy (non-hydrogen) atoms. The maximum absolute atomic E-state index is 12.1. The molecule has 0 aliphatic heterocycles. The zero-order valence-electron chi connectivity index (χ0n) is 15.6. The van der Waals surface area contributed by atoms with Gasteiger partial charge in [-0.2, -0.15) is 0 Å². The highest BCUT2D eigenvalue weighted by Gasteiger charge is 2.15. The fourth-order valence-corrected chi connectivity index (χ4v) is 2.76. The molecule has 0 bridgehead atoms. The second kappa shape index (κ2) is 9.75. The van der Waals surface area contributed by atoms with Gasteiger partial charge in [0.05, 0.1) is 0 Å². The molecule has 1 atom stereocenters. The first-order valence-corrected chi connectivity index (χ1v) is 9.11. The summed E-state index contributed by atoms with van der Waals surface area (Å²) in [5.41, 5.74) is 0.913. The number of rotatable bonds is 10. The molecule has 1 aromatic carbocycles. The van der Waals surface area contributed by atoms with Crippen molar-refractivity contribution < 1.29 is 23.8 Å². The van der Waals surface area contributed by atoms with Crippen LogP contribution in [0.1, 0.15) is 45.1 Å². The molecule has 7 heteroatoms. The van der Waals surface area contributed by atoms with Gasteiger partial charge in [-0.25, -0.2) is 4.79 Å². The number of hydrogen-bond donors (Lipinski definition) is 1. The highest BCUT2D eigenvalue weighted by Crippen LogP contribution is 2.23. The van der Waals surface area contributed by atoms with Crippen molar-refractivity contribution in [1.82, 2.24) is 5.32 Å². The summed E-state index contributed by atoms with van der Waals surface area (Å²) in [6.07, 6.45) is 1.95. The largest absolute Gasteiger partial charge is 0.550 e. The lowest BCUT2D eigenvalue weighted by molar-refractivity contribution is -0.305. The van der Waals surface area contributed by atoms with E-state index >= 15 is 0 Å². The quantitative estimate of drug-likeness (QED) is 0.499. The predicted molar refractivity (Wildman–Crippen MR) is 98.4 cm³/mol. The van der Waals surface area contributed by atoms with Gasteiger partial charge in [0.2, 0.25) is 0 Å². The van der Waals surface area contributed by atoms with Gasteiger partial charge in [-0.15, -0.1) is 0 Å². The average molecular weight is 374 g/mol. The molecule has 2 rings (SSSR count). The molecule has 0 unspecified atom stereocenters. The van der Waals surface area contributed by atoms with Crippen LogP contribution in [0.15, 0.2) is 33.5 Å². The second-order valence-electron chi connectivity index (χ2n) is 6.34. The highest BCUT2D eigenvalue weighted by molar-refractivity contribution is 5.82. The summed E-state index contributed by atoms with van der Waals surface area (Å²) < 4.78 is 10.9. The van der Waals surface area contributed by atoms with Crippen LogP contribution in [0.2, 0.25) is 0 Å². The van der Waals surface area contributed by atoms with Gasteiger partial charge in [-0.3, -0.25) is 4.79 Å². The Labute approximate surface area is 157 Å². The smallest absolute Gasteiger partial charge is 0.336 e. The number of benzene rings is 1. The SMILES string of the molecule is CCc1cc(=O)oc2cc(O[C@H](C)C(=O)NCCCCCC(=O)[O-])ccc12. The highest BCUT2D eigenvalue weighted by atomic mass is 16.5. The fourth-order valence-electron chi connectivity index (χ4n) is 2.76. The van der Waals surface area contributed by atoms with Crippen molar-refractivity contribution in [3.63, 3.8) is 0 Å². The van der Waals surface area contributed by atoms with E-state index in [0.29, 0.717) is 43.6 Å². The van der Waals surface area contributed by atoms with Gasteiger partial charge in [-0.1, -0.05) is 13.3 Å². The number of carbonyl (C=O) groups is 2. The van der Waals surface area contributed by atoms with Crippen LogP contribution < -0.4 is 20.8 Å². The number of carbonyl (C=O) groups excluding carboxylic acids is 2. The Hall–Kier alpha value is -2.83. The minimum absolute atomic E-state index is 0.0330. The molecule has 1 heterocycles. The number of nitrogens with one attached hydrogen (secondary N) is 1. The molecule has 1 N–H and O–H groups in total. The predicted octanol–water partition coefficient (Wildman–Crippen LogP) is 1.55. The van der Waals surface area contributed by atoms with Crippen molar-refractivity contribution in [1.29, 1.82) is 0 Å². The van der Waals surface area contributed by atoms with Crippen LogP contribution in [0.3, 0.4) is 0 Å². The first-order chi connectivity index (χ1) is 12.9. The van der Waals surface area contributed by atoms with Gasteiger partial charge in [0.25, 0.3) is 5.91 Å². The van der Waals surface area contributed by atoms with Gasteiger partial charge in [-0.05, 0) is 50.3 Å². The molecule has 1 amide bonds. The van der Waals surface area contributed by atoms with Crippen molar-refractivity contribution in [2.24, 2.45) is 0 Å². The summed E-state index contributed by atoms with van der Waals surface area (Å²) in [4.78, 5) is 34.0. The van der Waals surface area contributed by atoms with Gasteiger partial charge in [0.1, 0.15) is 11.3 Å². The molecule has 0 aliphatic rings. The van der Waals surface area contributed by atoms with Crippen molar-refractivity contribution in [3.05, 3.63) is 40.2 Å². The second-order valence-corrected chi connectivity index (χ2v) is 6.34. The van der Waals surface area contributed by atoms with Gasteiger partial charge in [0, 0.05) is 30.0 Å². The van der Waals surface area contributed by atoms with E-state index in [-0.39, 0.29) is 12.3 Å². The number of hydrogen-bond acceptors (Lipinski definition) is 6. The normalized spacial score (nSPS) is 11.9. The van der Waals surface area contributed by atoms with E-state index < -0.39 is 17.7 Å². The van der Waals surface area contributed by atoms with Gasteiger partial charge < -0.3 is 24.4 Å². The maximum atomic E-state index is 12.1. The van der Waals surface area contributed by atoms with Crippen LogP contribution in [0.4, 0.5) is 0 Å². The zero-order chi connectivity index (χ0) is 19.8. The lowest BCUT2D eigenvalue weighted by Gasteiger charge is -2.15. The standard InChI is InChI=1S/C20H25NO6/c1-3-14-11-19(24)27-17-12-15(8-9-16(14)17)26-13(2)20(25)21-10-6-4-5-7-18(22)23/h8-9,11-13H,3-7,10H2,1-2H3,(H,21,25)(H,22,23)/p-1/t13-/m1/s1. The molecule has 0 fully saturated rings. The number of unbranched alkanes of at least 4 members (excludes halogenated alkanes) is 2. The molecular formula is C20H24NO6-. The third-order valence-corrected chi connectivity index (χ3v) is 4.22. The van der Waals surface area contributed by atoms with E-state index in [2.05, 4.69) is 5.32 Å².